The van der Waals surface area contributed by atoms with Crippen molar-refractivity contribution in [2.75, 3.05) is 5.32 Å². The largest absolute Gasteiger partial charge is 0.325 e. The molecule has 2 heterocycles. The predicted octanol–water partition coefficient (Wildman–Crippen LogP) is 3.87. The van der Waals surface area contributed by atoms with E-state index in [0.717, 1.165) is 10.4 Å². The van der Waals surface area contributed by atoms with Crippen molar-refractivity contribution >= 4 is 33.0 Å². The van der Waals surface area contributed by atoms with Gasteiger partial charge in [0.2, 0.25) is 15.9 Å². The van der Waals surface area contributed by atoms with E-state index in [1.54, 1.807) is 19.1 Å². The van der Waals surface area contributed by atoms with E-state index in [1.807, 2.05) is 47.8 Å². The molecule has 2 aromatic carbocycles. The molecule has 1 amide bonds. The average Bonchev–Trinajstić information content (AvgIpc) is 3.29. The van der Waals surface area contributed by atoms with Crippen LogP contribution < -0.4 is 10.0 Å². The van der Waals surface area contributed by atoms with Gasteiger partial charge in [0, 0.05) is 10.6 Å². The summed E-state index contributed by atoms with van der Waals surface area (Å²) in [6.45, 7) is 1.77. The summed E-state index contributed by atoms with van der Waals surface area (Å²) in [6.07, 6.45) is 0. The van der Waals surface area contributed by atoms with Crippen LogP contribution in [0, 0.1) is 0 Å². The Morgan fingerprint density at radius 3 is 2.56 bits per heavy atom. The minimum absolute atomic E-state index is 0.117. The zero-order chi connectivity index (χ0) is 19.0. The minimum atomic E-state index is -3.78. The van der Waals surface area contributed by atoms with Crippen LogP contribution in [0.2, 0.25) is 0 Å². The van der Waals surface area contributed by atoms with E-state index < -0.39 is 16.1 Å². The van der Waals surface area contributed by atoms with Gasteiger partial charge in [-0.1, -0.05) is 36.4 Å². The zero-order valence-corrected chi connectivity index (χ0v) is 16.2. The molecule has 0 saturated carbocycles. The molecule has 1 aliphatic heterocycles. The normalized spacial score (nSPS) is 17.4. The second-order valence-electron chi connectivity index (χ2n) is 6.44. The van der Waals surface area contributed by atoms with Crippen molar-refractivity contribution < 1.29 is 13.2 Å². The van der Waals surface area contributed by atoms with Gasteiger partial charge in [0.15, 0.2) is 0 Å². The predicted molar refractivity (Wildman–Crippen MR) is 106 cm³/mol. The molecule has 138 valence electrons. The summed E-state index contributed by atoms with van der Waals surface area (Å²) < 4.78 is 29.0. The first kappa shape index (κ1) is 17.9. The quantitative estimate of drug-likeness (QED) is 0.685. The van der Waals surface area contributed by atoms with Crippen molar-refractivity contribution in [3.05, 3.63) is 82.0 Å². The summed E-state index contributed by atoms with van der Waals surface area (Å²) in [5.41, 5.74) is 2.24. The van der Waals surface area contributed by atoms with E-state index >= 15 is 0 Å². The number of carbonyl (C=O) groups is 1. The van der Waals surface area contributed by atoms with Gasteiger partial charge in [-0.3, -0.25) is 4.79 Å². The highest BCUT2D eigenvalue weighted by atomic mass is 32.2. The Morgan fingerprint density at radius 2 is 1.85 bits per heavy atom. The number of hydrogen-bond acceptors (Lipinski definition) is 4. The van der Waals surface area contributed by atoms with Crippen LogP contribution in [0.1, 0.15) is 34.9 Å². The van der Waals surface area contributed by atoms with Crippen molar-refractivity contribution in [3.63, 3.8) is 0 Å². The number of benzene rings is 2. The maximum atomic E-state index is 13.1. The molecule has 0 fully saturated rings. The summed E-state index contributed by atoms with van der Waals surface area (Å²) >= 11 is 1.50. The Morgan fingerprint density at radius 1 is 1.07 bits per heavy atom. The number of rotatable bonds is 5. The van der Waals surface area contributed by atoms with Crippen LogP contribution in [0.4, 0.5) is 5.69 Å². The fourth-order valence-corrected chi connectivity index (χ4v) is 5.29. The van der Waals surface area contributed by atoms with Gasteiger partial charge in [-0.25, -0.2) is 8.42 Å². The lowest BCUT2D eigenvalue weighted by Gasteiger charge is -2.18. The SMILES string of the molecule is C[C@@H]1C(=O)Nc2ccc(S(=O)(=O)N[C@H](c3ccccc3)c3cccs3)cc21. The lowest BCUT2D eigenvalue weighted by atomic mass is 10.0. The number of sulfonamides is 1. The molecule has 2 N–H and O–H groups in total. The molecule has 0 spiro atoms. The van der Waals surface area contributed by atoms with Gasteiger partial charge in [-0.05, 0) is 47.7 Å². The standard InChI is InChI=1S/C20H18N2O3S2/c1-13-16-12-15(9-10-17(16)21-20(13)23)27(24,25)22-19(18-8-5-11-26-18)14-6-3-2-4-7-14/h2-13,19,22H,1H3,(H,21,23)/t13-,19+/m0/s1. The lowest BCUT2D eigenvalue weighted by molar-refractivity contribution is -0.116. The molecular formula is C20H18N2O3S2. The van der Waals surface area contributed by atoms with Crippen molar-refractivity contribution in [1.29, 1.82) is 0 Å². The Hall–Kier alpha value is -2.48. The van der Waals surface area contributed by atoms with Gasteiger partial charge >= 0.3 is 0 Å². The number of thiophene rings is 1. The smallest absolute Gasteiger partial charge is 0.241 e. The van der Waals surface area contributed by atoms with E-state index in [2.05, 4.69) is 10.0 Å². The van der Waals surface area contributed by atoms with Gasteiger partial charge in [0.05, 0.1) is 16.9 Å². The number of fused-ring (bicyclic) bond motifs is 1. The van der Waals surface area contributed by atoms with Crippen LogP contribution in [0.3, 0.4) is 0 Å². The van der Waals surface area contributed by atoms with Crippen molar-refractivity contribution in [2.24, 2.45) is 0 Å². The van der Waals surface area contributed by atoms with E-state index in [4.69, 9.17) is 0 Å². The monoisotopic (exact) mass is 398 g/mol. The van der Waals surface area contributed by atoms with E-state index in [1.165, 1.54) is 17.4 Å². The number of hydrogen-bond donors (Lipinski definition) is 2. The summed E-state index contributed by atoms with van der Waals surface area (Å²) in [5.74, 6) is -0.481. The second kappa shape index (κ2) is 6.92. The third kappa shape index (κ3) is 3.41. The Labute approximate surface area is 162 Å². The number of amides is 1. The first-order valence-electron chi connectivity index (χ1n) is 8.51. The summed E-state index contributed by atoms with van der Waals surface area (Å²) in [7, 11) is -3.78. The molecule has 0 aliphatic carbocycles. The number of anilines is 1. The van der Waals surface area contributed by atoms with Gasteiger partial charge in [0.25, 0.3) is 0 Å². The van der Waals surface area contributed by atoms with Crippen LogP contribution in [0.15, 0.2) is 70.9 Å². The number of nitrogens with one attached hydrogen (secondary N) is 2. The molecule has 27 heavy (non-hydrogen) atoms. The first-order chi connectivity index (χ1) is 13.0. The summed E-state index contributed by atoms with van der Waals surface area (Å²) in [5, 5.41) is 4.69. The molecule has 0 bridgehead atoms. The fourth-order valence-electron chi connectivity index (χ4n) is 3.18. The molecule has 3 aromatic rings. The number of carbonyl (C=O) groups excluding carboxylic acids is 1. The Bertz CT molecular complexity index is 1080. The molecule has 1 aromatic heterocycles. The van der Waals surface area contributed by atoms with Crippen LogP contribution in [-0.2, 0) is 14.8 Å². The van der Waals surface area contributed by atoms with Crippen LogP contribution in [0.25, 0.3) is 0 Å². The van der Waals surface area contributed by atoms with Crippen LogP contribution in [-0.4, -0.2) is 14.3 Å². The summed E-state index contributed by atoms with van der Waals surface area (Å²) in [4.78, 5) is 12.9. The summed E-state index contributed by atoms with van der Waals surface area (Å²) in [6, 6.07) is 17.6. The van der Waals surface area contributed by atoms with E-state index in [0.29, 0.717) is 11.3 Å². The molecule has 0 radical (unpaired) electrons. The molecule has 0 unspecified atom stereocenters. The van der Waals surface area contributed by atoms with Crippen molar-refractivity contribution in [3.8, 4) is 0 Å². The van der Waals surface area contributed by atoms with Gasteiger partial charge in [-0.15, -0.1) is 11.3 Å². The highest BCUT2D eigenvalue weighted by molar-refractivity contribution is 7.89. The third-order valence-corrected chi connectivity index (χ3v) is 7.04. The molecule has 0 saturated heterocycles. The molecule has 5 nitrogen and oxygen atoms in total. The van der Waals surface area contributed by atoms with Crippen LogP contribution in [0.5, 0.6) is 0 Å². The van der Waals surface area contributed by atoms with E-state index in [-0.39, 0.29) is 16.7 Å². The maximum absolute atomic E-state index is 13.1. The second-order valence-corrected chi connectivity index (χ2v) is 9.13. The van der Waals surface area contributed by atoms with E-state index in [9.17, 15) is 13.2 Å². The first-order valence-corrected chi connectivity index (χ1v) is 10.9. The Kier molecular flexibility index (Phi) is 4.59. The molecule has 4 rings (SSSR count). The Balaban J connectivity index is 1.71. The van der Waals surface area contributed by atoms with Crippen molar-refractivity contribution in [1.82, 2.24) is 4.72 Å². The topological polar surface area (TPSA) is 75.3 Å². The molecule has 1 aliphatic rings. The molecular weight excluding hydrogens is 380 g/mol. The van der Waals surface area contributed by atoms with Gasteiger partial charge in [0.1, 0.15) is 0 Å². The van der Waals surface area contributed by atoms with Crippen LogP contribution >= 0.6 is 11.3 Å². The highest BCUT2D eigenvalue weighted by Crippen LogP contribution is 2.34. The highest BCUT2D eigenvalue weighted by Gasteiger charge is 2.29. The fraction of sp³-hybridized carbons (Fsp3) is 0.150. The lowest BCUT2D eigenvalue weighted by Crippen LogP contribution is -2.29. The average molecular weight is 399 g/mol. The zero-order valence-electron chi connectivity index (χ0n) is 14.5. The van der Waals surface area contributed by atoms with Gasteiger partial charge < -0.3 is 5.32 Å². The molecule has 2 atom stereocenters. The maximum Gasteiger partial charge on any atom is 0.241 e. The molecule has 7 heteroatoms. The van der Waals surface area contributed by atoms with Gasteiger partial charge in [-0.2, -0.15) is 4.72 Å². The van der Waals surface area contributed by atoms with Crippen molar-refractivity contribution in [2.45, 2.75) is 23.8 Å². The minimum Gasteiger partial charge on any atom is -0.325 e. The third-order valence-electron chi connectivity index (χ3n) is 4.68.